The summed E-state index contributed by atoms with van der Waals surface area (Å²) in [5.41, 5.74) is 7.39. The number of fused-ring (bicyclic) bond motifs is 6. The molecule has 10 atom stereocenters. The van der Waals surface area contributed by atoms with Crippen LogP contribution in [0.4, 0.5) is 11.4 Å². The first kappa shape index (κ1) is 70.4. The Hall–Kier alpha value is -6.94. The lowest BCUT2D eigenvalue weighted by Crippen LogP contribution is -2.48. The second-order valence-electron chi connectivity index (χ2n) is 26.8. The lowest BCUT2D eigenvalue weighted by Gasteiger charge is -2.44. The van der Waals surface area contributed by atoms with Gasteiger partial charge in [0.2, 0.25) is 30.0 Å². The molecular weight excluding hydrogens is 1300 g/mol. The Morgan fingerprint density at radius 3 is 1.36 bits per heavy atom. The van der Waals surface area contributed by atoms with Crippen LogP contribution < -0.4 is 19.3 Å². The van der Waals surface area contributed by atoms with Crippen molar-refractivity contribution in [3.63, 3.8) is 0 Å². The summed E-state index contributed by atoms with van der Waals surface area (Å²) in [6.45, 7) is 7.75. The summed E-state index contributed by atoms with van der Waals surface area (Å²) in [6.07, 6.45) is 24.3. The molecule has 0 unspecified atom stereocenters. The molecule has 2 spiro atoms. The maximum absolute atomic E-state index is 13.0. The number of halogens is 2. The molecule has 4 heterocycles. The van der Waals surface area contributed by atoms with Crippen LogP contribution in [-0.4, -0.2) is 135 Å². The van der Waals surface area contributed by atoms with E-state index in [9.17, 15) is 36.6 Å². The number of sulfone groups is 2. The molecule has 96 heavy (non-hydrogen) atoms. The molecule has 0 saturated heterocycles. The number of hydrogen-bond donors (Lipinski definition) is 2. The fourth-order valence-electron chi connectivity index (χ4n) is 15.2. The minimum Gasteiger partial charge on any atom is -0.490 e. The minimum absolute atomic E-state index is 0.166. The van der Waals surface area contributed by atoms with Crippen LogP contribution in [0.3, 0.4) is 0 Å². The Kier molecular flexibility index (Phi) is 22.6. The third kappa shape index (κ3) is 15.6. The van der Waals surface area contributed by atoms with Crippen LogP contribution >= 0.6 is 23.2 Å². The standard InChI is InChI=1S/2C37H44ClN3O6S/c2*1-3-31(48(44,45)36-39-18-5-19-40-36)14-13-30(42)12-9-25-7-8-28(25)22-41-23-37(17-4-6-26-20-29(38)11-15-32(26)37)24-47-34-16-10-27(21-33(34)41)35(43)46-2/h2*5,9-12,15-16,18-21,25,28,30-31,42H,3-4,6-8,13-14,17,22-24H2,1-2H3/b2*12-9+/t25-,28-,30+,31+,37-;25-,28-,30-,31+,37-/m00/s1. The molecule has 2 saturated carbocycles. The SMILES string of the molecule is CC[C@H](CC[C@@H](O)/C=C/[C@@H]1CC[C@H]1CN1C[C@@]2(CCCc3cc(Cl)ccc32)COc2ccc(C(=O)OC)cc21)S(=O)(=O)c1ncccn1.CC[C@H](CC[C@H](O)/C=C/[C@@H]1CC[C@H]1CN1C[C@@]2(CCCc3cc(Cl)ccc32)COc2ccc(C(=O)OC)cc21)S(=O)(=O)c1ncccn1. The highest BCUT2D eigenvalue weighted by Crippen LogP contribution is 2.49. The number of methoxy groups -OCH3 is 2. The number of benzene rings is 4. The summed E-state index contributed by atoms with van der Waals surface area (Å²) < 4.78 is 75.4. The van der Waals surface area contributed by atoms with Crippen molar-refractivity contribution in [3.8, 4) is 11.5 Å². The van der Waals surface area contributed by atoms with Gasteiger partial charge in [-0.25, -0.2) is 46.4 Å². The summed E-state index contributed by atoms with van der Waals surface area (Å²) in [4.78, 5) is 45.7. The predicted octanol–water partition coefficient (Wildman–Crippen LogP) is 12.7. The number of aryl methyl sites for hydroxylation is 2. The molecule has 18 nitrogen and oxygen atoms in total. The second kappa shape index (κ2) is 30.9. The van der Waals surface area contributed by atoms with Crippen molar-refractivity contribution >= 4 is 66.2 Å². The fraction of sp³-hybridized carbons (Fsp3) is 0.486. The number of carbonyl (C=O) groups is 2. The van der Waals surface area contributed by atoms with Crippen LogP contribution in [0.2, 0.25) is 10.0 Å². The van der Waals surface area contributed by atoms with Crippen LogP contribution in [0.15, 0.2) is 144 Å². The summed E-state index contributed by atoms with van der Waals surface area (Å²) in [5.74, 6) is 1.95. The van der Waals surface area contributed by atoms with Gasteiger partial charge in [-0.05, 0) is 221 Å². The Morgan fingerprint density at radius 1 is 0.594 bits per heavy atom. The number of ether oxygens (including phenoxy) is 4. The van der Waals surface area contributed by atoms with Crippen LogP contribution in [0.1, 0.15) is 147 Å². The van der Waals surface area contributed by atoms with Crippen molar-refractivity contribution in [1.82, 2.24) is 19.9 Å². The van der Waals surface area contributed by atoms with Crippen LogP contribution in [-0.2, 0) is 52.8 Å². The summed E-state index contributed by atoms with van der Waals surface area (Å²) in [6, 6.07) is 26.6. The first-order valence-electron chi connectivity index (χ1n) is 33.8. The number of allylic oxidation sites excluding steroid dienone is 2. The first-order chi connectivity index (χ1) is 46.3. The van der Waals surface area contributed by atoms with Crippen LogP contribution in [0.5, 0.6) is 11.5 Å². The number of esters is 2. The van der Waals surface area contributed by atoms with Gasteiger partial charge in [-0.2, -0.15) is 0 Å². The van der Waals surface area contributed by atoms with E-state index in [2.05, 4.69) is 66.2 Å². The van der Waals surface area contributed by atoms with Gasteiger partial charge < -0.3 is 39.0 Å². The molecular formula is C74H88Cl2N6O12S2. The highest BCUT2D eigenvalue weighted by molar-refractivity contribution is 7.92. The van der Waals surface area contributed by atoms with E-state index in [-0.39, 0.29) is 44.9 Å². The smallest absolute Gasteiger partial charge is 0.337 e. The third-order valence-electron chi connectivity index (χ3n) is 20.9. The maximum Gasteiger partial charge on any atom is 0.337 e. The zero-order valence-electron chi connectivity index (χ0n) is 55.1. The monoisotopic (exact) mass is 1390 g/mol. The quantitative estimate of drug-likeness (QED) is 0.0365. The second-order valence-corrected chi connectivity index (χ2v) is 31.9. The molecule has 2 N–H and O–H groups in total. The molecule has 0 radical (unpaired) electrons. The fourth-order valence-corrected chi connectivity index (χ4v) is 18.8. The molecule has 0 amide bonds. The molecule has 2 aromatic heterocycles. The predicted molar refractivity (Wildman–Crippen MR) is 371 cm³/mol. The van der Waals surface area contributed by atoms with Crippen LogP contribution in [0, 0.1) is 23.7 Å². The molecule has 2 fully saturated rings. The molecule has 4 aromatic carbocycles. The topological polar surface area (TPSA) is 238 Å². The minimum atomic E-state index is -3.68. The average Bonchev–Trinajstić information content (AvgIpc) is 1.49. The summed E-state index contributed by atoms with van der Waals surface area (Å²) in [7, 11) is -4.57. The Labute approximate surface area is 574 Å². The number of rotatable bonds is 22. The van der Waals surface area contributed by atoms with Crippen molar-refractivity contribution in [2.24, 2.45) is 23.7 Å². The first-order valence-corrected chi connectivity index (χ1v) is 37.6. The molecule has 512 valence electrons. The molecule has 6 aliphatic rings. The Balaban J connectivity index is 0.000000195. The van der Waals surface area contributed by atoms with Gasteiger partial charge in [-0.1, -0.05) is 73.5 Å². The van der Waals surface area contributed by atoms with Gasteiger partial charge in [-0.3, -0.25) is 0 Å². The number of carbonyl (C=O) groups excluding carboxylic acids is 2. The lowest BCUT2D eigenvalue weighted by molar-refractivity contribution is 0.0592. The van der Waals surface area contributed by atoms with Crippen LogP contribution in [0.25, 0.3) is 0 Å². The number of aromatic nitrogens is 4. The summed E-state index contributed by atoms with van der Waals surface area (Å²) in [5, 5.41) is 21.6. The highest BCUT2D eigenvalue weighted by atomic mass is 35.5. The van der Waals surface area contributed by atoms with E-state index in [0.717, 1.165) is 123 Å². The molecule has 4 aliphatic carbocycles. The summed E-state index contributed by atoms with van der Waals surface area (Å²) >= 11 is 12.8. The van der Waals surface area contributed by atoms with Crippen molar-refractivity contribution in [2.45, 2.75) is 160 Å². The number of aliphatic hydroxyl groups excluding tert-OH is 2. The van der Waals surface area contributed by atoms with Gasteiger partial charge >= 0.3 is 11.9 Å². The van der Waals surface area contributed by atoms with Crippen molar-refractivity contribution in [1.29, 1.82) is 0 Å². The van der Waals surface area contributed by atoms with Gasteiger partial charge in [0.25, 0.3) is 0 Å². The normalized spacial score (nSPS) is 23.4. The zero-order chi connectivity index (χ0) is 67.8. The third-order valence-corrected chi connectivity index (χ3v) is 25.7. The average molecular weight is 1390 g/mol. The van der Waals surface area contributed by atoms with Gasteiger partial charge in [0.1, 0.15) is 11.5 Å². The number of hydrogen-bond acceptors (Lipinski definition) is 18. The van der Waals surface area contributed by atoms with E-state index in [4.69, 9.17) is 42.1 Å². The molecule has 0 bridgehead atoms. The molecule has 22 heteroatoms. The molecule has 6 aromatic rings. The van der Waals surface area contributed by atoms with Crippen molar-refractivity contribution in [2.75, 3.05) is 63.4 Å². The van der Waals surface area contributed by atoms with Gasteiger partial charge in [0, 0.05) is 71.8 Å². The molecule has 12 rings (SSSR count). The van der Waals surface area contributed by atoms with Gasteiger partial charge in [0.15, 0.2) is 0 Å². The highest BCUT2D eigenvalue weighted by Gasteiger charge is 2.46. The van der Waals surface area contributed by atoms with Gasteiger partial charge in [0.05, 0.1) is 72.6 Å². The number of aliphatic hydroxyl groups is 2. The van der Waals surface area contributed by atoms with E-state index < -0.39 is 42.4 Å². The molecule has 2 aliphatic heterocycles. The van der Waals surface area contributed by atoms with E-state index in [1.807, 2.05) is 62.4 Å². The largest absolute Gasteiger partial charge is 0.490 e. The van der Waals surface area contributed by atoms with Crippen molar-refractivity contribution < 1.29 is 55.6 Å². The number of nitrogens with zero attached hydrogens (tertiary/aromatic N) is 6. The number of anilines is 2. The van der Waals surface area contributed by atoms with E-state index >= 15 is 0 Å². The Morgan fingerprint density at radius 2 is 1.00 bits per heavy atom. The van der Waals surface area contributed by atoms with Gasteiger partial charge in [-0.15, -0.1) is 0 Å². The lowest BCUT2D eigenvalue weighted by atomic mass is 9.69. The maximum atomic E-state index is 13.0. The van der Waals surface area contributed by atoms with E-state index in [1.54, 1.807) is 24.3 Å². The van der Waals surface area contributed by atoms with Crippen molar-refractivity contribution in [3.05, 3.63) is 177 Å². The Bertz CT molecular complexity index is 3760. The van der Waals surface area contributed by atoms with E-state index in [1.165, 1.54) is 61.3 Å². The zero-order valence-corrected chi connectivity index (χ0v) is 58.3. The van der Waals surface area contributed by atoms with E-state index in [0.29, 0.717) is 74.7 Å².